The zero-order valence-corrected chi connectivity index (χ0v) is 8.33. The van der Waals surface area contributed by atoms with Crippen molar-refractivity contribution in [1.82, 2.24) is 4.98 Å². The van der Waals surface area contributed by atoms with E-state index in [0.717, 1.165) is 0 Å². The number of nitrogens with two attached hydrogens (primary N) is 1. The molecule has 1 heterocycles. The molecule has 0 aliphatic rings. The first-order chi connectivity index (χ1) is 8.13. The first-order valence-electron chi connectivity index (χ1n) is 4.19. The number of carboxylic acids is 1. The van der Waals surface area contributed by atoms with Crippen molar-refractivity contribution in [2.45, 2.75) is 12.8 Å². The molecule has 0 aliphatic heterocycles. The Bertz CT molecular complexity index is 475. The van der Waals surface area contributed by atoms with Crippen LogP contribution in [-0.4, -0.2) is 22.4 Å². The zero-order chi connectivity index (χ0) is 14.1. The molecule has 3 N–H and O–H groups in total. The molecule has 1 rings (SSSR count). The third-order valence-corrected chi connectivity index (χ3v) is 1.76. The first-order valence-corrected chi connectivity index (χ1v) is 4.19. The minimum Gasteiger partial charge on any atom is -0.478 e. The van der Waals surface area contributed by atoms with Gasteiger partial charge in [0.05, 0.1) is 11.9 Å². The van der Waals surface area contributed by atoms with Gasteiger partial charge in [0, 0.05) is 0 Å². The number of hydrogen-bond acceptors (Lipinski definition) is 4. The summed E-state index contributed by atoms with van der Waals surface area (Å²) in [5.74, 6) is -3.08. The van der Waals surface area contributed by atoms with Gasteiger partial charge in [-0.2, -0.15) is 0 Å². The zero-order valence-electron chi connectivity index (χ0n) is 8.33. The number of hydrogen-bond donors (Lipinski definition) is 2. The monoisotopic (exact) mass is 272 g/mol. The van der Waals surface area contributed by atoms with Crippen LogP contribution in [0.1, 0.15) is 22.5 Å². The van der Waals surface area contributed by atoms with E-state index in [1.165, 1.54) is 0 Å². The van der Waals surface area contributed by atoms with Crippen LogP contribution in [0, 0.1) is 0 Å². The number of nitrogens with zero attached hydrogens (tertiary/aromatic N) is 1. The van der Waals surface area contributed by atoms with Crippen LogP contribution >= 0.6 is 0 Å². The summed E-state index contributed by atoms with van der Waals surface area (Å²) < 4.78 is 63.9. The number of nitrogen functional groups attached to an aromatic ring is 1. The van der Waals surface area contributed by atoms with Crippen LogP contribution in [0.3, 0.4) is 0 Å². The molecule has 100 valence electrons. The highest BCUT2D eigenvalue weighted by Crippen LogP contribution is 2.34. The maximum atomic E-state index is 12.4. The van der Waals surface area contributed by atoms with Crippen molar-refractivity contribution >= 4 is 11.7 Å². The molecule has 1 aromatic rings. The summed E-state index contributed by atoms with van der Waals surface area (Å²) in [6.45, 7) is 0. The average molecular weight is 272 g/mol. The summed E-state index contributed by atoms with van der Waals surface area (Å²) in [7, 11) is 0. The lowest BCUT2D eigenvalue weighted by molar-refractivity contribution is -0.274. The molecule has 0 aliphatic carbocycles. The molecular formula is C8H5F5N2O3. The third-order valence-electron chi connectivity index (χ3n) is 1.76. The Morgan fingerprint density at radius 3 is 2.39 bits per heavy atom. The molecular weight excluding hydrogens is 267 g/mol. The predicted octanol–water partition coefficient (Wildman–Crippen LogP) is 2.20. The van der Waals surface area contributed by atoms with Gasteiger partial charge in [0.25, 0.3) is 6.43 Å². The van der Waals surface area contributed by atoms with Crippen molar-refractivity contribution in [3.8, 4) is 5.75 Å². The normalized spacial score (nSPS) is 11.7. The van der Waals surface area contributed by atoms with Gasteiger partial charge in [-0.3, -0.25) is 4.98 Å². The van der Waals surface area contributed by atoms with Gasteiger partial charge in [0.2, 0.25) is 0 Å². The second kappa shape index (κ2) is 4.63. The smallest absolute Gasteiger partial charge is 0.478 e. The van der Waals surface area contributed by atoms with Crippen LogP contribution in [0.2, 0.25) is 0 Å². The van der Waals surface area contributed by atoms with Crippen LogP contribution in [0.25, 0.3) is 0 Å². The van der Waals surface area contributed by atoms with Crippen LogP contribution in [0.15, 0.2) is 6.20 Å². The number of ether oxygens (including phenoxy) is 1. The Hall–Kier alpha value is -2.13. The van der Waals surface area contributed by atoms with Gasteiger partial charge < -0.3 is 15.6 Å². The van der Waals surface area contributed by atoms with Gasteiger partial charge in [0.1, 0.15) is 11.3 Å². The van der Waals surface area contributed by atoms with E-state index in [0.29, 0.717) is 0 Å². The lowest BCUT2D eigenvalue weighted by atomic mass is 10.1. The van der Waals surface area contributed by atoms with Crippen molar-refractivity contribution in [3.05, 3.63) is 17.5 Å². The summed E-state index contributed by atoms with van der Waals surface area (Å²) >= 11 is 0. The standard InChI is InChI=1S/C8H5F5N2O3/c9-6(10)5-3(7(16)17)4(14)2(1-15-5)18-8(11,12)13/h1,6H,(H2,14,15)(H,16,17). The molecule has 5 nitrogen and oxygen atoms in total. The minimum atomic E-state index is -5.14. The second-order valence-electron chi connectivity index (χ2n) is 2.95. The molecule has 10 heteroatoms. The van der Waals surface area contributed by atoms with Gasteiger partial charge in [0.15, 0.2) is 5.75 Å². The van der Waals surface area contributed by atoms with E-state index in [2.05, 4.69) is 9.72 Å². The summed E-state index contributed by atoms with van der Waals surface area (Å²) in [6.07, 6.45) is -8.15. The van der Waals surface area contributed by atoms with Gasteiger partial charge >= 0.3 is 12.3 Å². The predicted molar refractivity (Wildman–Crippen MR) is 47.2 cm³/mol. The van der Waals surface area contributed by atoms with E-state index >= 15 is 0 Å². The van der Waals surface area contributed by atoms with E-state index in [9.17, 15) is 26.7 Å². The highest BCUT2D eigenvalue weighted by molar-refractivity contribution is 5.96. The number of aromatic carboxylic acids is 1. The number of halogens is 5. The number of anilines is 1. The molecule has 0 aromatic carbocycles. The Labute approximate surface area is 96.0 Å². The van der Waals surface area contributed by atoms with Gasteiger partial charge in [-0.05, 0) is 0 Å². The lowest BCUT2D eigenvalue weighted by Crippen LogP contribution is -2.20. The van der Waals surface area contributed by atoms with Gasteiger partial charge in [-0.25, -0.2) is 13.6 Å². The summed E-state index contributed by atoms with van der Waals surface area (Å²) in [6, 6.07) is 0. The summed E-state index contributed by atoms with van der Waals surface area (Å²) in [4.78, 5) is 13.6. The van der Waals surface area contributed by atoms with Gasteiger partial charge in [-0.1, -0.05) is 0 Å². The SMILES string of the molecule is Nc1c(OC(F)(F)F)cnc(C(F)F)c1C(=O)O. The van der Waals surface area contributed by atoms with Crippen LogP contribution in [0.5, 0.6) is 5.75 Å². The molecule has 0 radical (unpaired) electrons. The van der Waals surface area contributed by atoms with Crippen molar-refractivity contribution in [2.75, 3.05) is 5.73 Å². The third kappa shape index (κ3) is 2.96. The van der Waals surface area contributed by atoms with Gasteiger partial charge in [-0.15, -0.1) is 13.2 Å². The molecule has 0 saturated carbocycles. The molecule has 0 amide bonds. The highest BCUT2D eigenvalue weighted by atomic mass is 19.4. The summed E-state index contributed by atoms with van der Waals surface area (Å²) in [5, 5.41) is 8.63. The Morgan fingerprint density at radius 1 is 1.44 bits per heavy atom. The van der Waals surface area contributed by atoms with Crippen molar-refractivity contribution in [2.24, 2.45) is 0 Å². The average Bonchev–Trinajstić information content (AvgIpc) is 2.17. The fraction of sp³-hybridized carbons (Fsp3) is 0.250. The second-order valence-corrected chi connectivity index (χ2v) is 2.95. The quantitative estimate of drug-likeness (QED) is 0.824. The number of aromatic nitrogens is 1. The number of alkyl halides is 5. The number of pyridine rings is 1. The Morgan fingerprint density at radius 2 is 2.00 bits per heavy atom. The van der Waals surface area contributed by atoms with Crippen LogP contribution in [0.4, 0.5) is 27.6 Å². The maximum Gasteiger partial charge on any atom is 0.573 e. The number of carbonyl (C=O) groups is 1. The van der Waals surface area contributed by atoms with E-state index in [4.69, 9.17) is 10.8 Å². The summed E-state index contributed by atoms with van der Waals surface area (Å²) in [5.41, 5.74) is 1.54. The van der Waals surface area contributed by atoms with Crippen LogP contribution < -0.4 is 10.5 Å². The van der Waals surface area contributed by atoms with Crippen LogP contribution in [-0.2, 0) is 0 Å². The Kier molecular flexibility index (Phi) is 3.58. The molecule has 0 spiro atoms. The fourth-order valence-corrected chi connectivity index (χ4v) is 1.12. The highest BCUT2D eigenvalue weighted by Gasteiger charge is 2.34. The first kappa shape index (κ1) is 13.9. The largest absolute Gasteiger partial charge is 0.573 e. The van der Waals surface area contributed by atoms with E-state index in [1.54, 1.807) is 0 Å². The molecule has 1 aromatic heterocycles. The van der Waals surface area contributed by atoms with Crippen molar-refractivity contribution in [3.63, 3.8) is 0 Å². The number of rotatable bonds is 3. The van der Waals surface area contributed by atoms with E-state index in [-0.39, 0.29) is 6.20 Å². The fourth-order valence-electron chi connectivity index (χ4n) is 1.12. The Balaban J connectivity index is 3.35. The molecule has 0 atom stereocenters. The maximum absolute atomic E-state index is 12.4. The molecule has 0 bridgehead atoms. The lowest BCUT2D eigenvalue weighted by Gasteiger charge is -2.14. The van der Waals surface area contributed by atoms with Crippen molar-refractivity contribution < 1.29 is 36.6 Å². The number of carboxylic acid groups (broad SMARTS) is 1. The van der Waals surface area contributed by atoms with E-state index < -0.39 is 41.5 Å². The molecule has 0 saturated heterocycles. The molecule has 0 fully saturated rings. The molecule has 0 unspecified atom stereocenters. The van der Waals surface area contributed by atoms with E-state index in [1.807, 2.05) is 0 Å². The molecule has 18 heavy (non-hydrogen) atoms. The van der Waals surface area contributed by atoms with Crippen molar-refractivity contribution in [1.29, 1.82) is 0 Å². The minimum absolute atomic E-state index is 0.288. The topological polar surface area (TPSA) is 85.4 Å².